The van der Waals surface area contributed by atoms with Crippen molar-refractivity contribution in [2.24, 2.45) is 5.14 Å². The van der Waals surface area contributed by atoms with E-state index in [2.05, 4.69) is 15.0 Å². The van der Waals surface area contributed by atoms with Crippen LogP contribution < -0.4 is 10.0 Å². The highest BCUT2D eigenvalue weighted by molar-refractivity contribution is 7.89. The summed E-state index contributed by atoms with van der Waals surface area (Å²) in [7, 11) is -3.84. The molecule has 0 aliphatic carbocycles. The Hall–Kier alpha value is -2.72. The van der Waals surface area contributed by atoms with Crippen molar-refractivity contribution in [3.63, 3.8) is 0 Å². The lowest BCUT2D eigenvalue weighted by Crippen LogP contribution is -2.39. The van der Waals surface area contributed by atoms with Crippen LogP contribution in [0.4, 0.5) is 14.6 Å². The Kier molecular flexibility index (Phi) is 4.47. The second-order valence-electron chi connectivity index (χ2n) is 6.68. The number of alkyl halides is 2. The predicted molar refractivity (Wildman–Crippen MR) is 101 cm³/mol. The molecule has 1 saturated heterocycles. The number of hydrogen-bond donors (Lipinski definition) is 1. The molecular formula is C18H17F2N5O2S. The van der Waals surface area contributed by atoms with Crippen LogP contribution in [-0.4, -0.2) is 42.4 Å². The fourth-order valence-electron chi connectivity index (χ4n) is 3.20. The second kappa shape index (κ2) is 6.71. The highest BCUT2D eigenvalue weighted by Crippen LogP contribution is 2.32. The van der Waals surface area contributed by atoms with Gasteiger partial charge in [-0.3, -0.25) is 0 Å². The molecule has 146 valence electrons. The maximum Gasteiger partial charge on any atom is 0.251 e. The Balaban J connectivity index is 1.77. The van der Waals surface area contributed by atoms with Gasteiger partial charge in [0.25, 0.3) is 5.92 Å². The summed E-state index contributed by atoms with van der Waals surface area (Å²) in [5, 5.41) is 5.20. The van der Waals surface area contributed by atoms with E-state index in [1.54, 1.807) is 29.2 Å². The molecule has 1 fully saturated rings. The van der Waals surface area contributed by atoms with E-state index in [4.69, 9.17) is 5.14 Å². The minimum atomic E-state index is -3.84. The molecule has 1 aromatic carbocycles. The molecular weight excluding hydrogens is 388 g/mol. The number of halogens is 2. The lowest BCUT2D eigenvalue weighted by molar-refractivity contribution is -0.0221. The number of primary sulfonamides is 1. The summed E-state index contributed by atoms with van der Waals surface area (Å²) in [6.07, 6.45) is 0.899. The van der Waals surface area contributed by atoms with Crippen LogP contribution in [0.15, 0.2) is 47.6 Å². The molecule has 7 nitrogen and oxygen atoms in total. The van der Waals surface area contributed by atoms with Gasteiger partial charge in [-0.15, -0.1) is 0 Å². The first-order valence-electron chi connectivity index (χ1n) is 8.61. The summed E-state index contributed by atoms with van der Waals surface area (Å²) in [5.74, 6) is -2.17. The van der Waals surface area contributed by atoms with E-state index >= 15 is 0 Å². The molecule has 2 aromatic heterocycles. The van der Waals surface area contributed by atoms with Gasteiger partial charge in [0.1, 0.15) is 11.8 Å². The molecule has 0 amide bonds. The van der Waals surface area contributed by atoms with Crippen LogP contribution in [0.5, 0.6) is 0 Å². The fourth-order valence-corrected chi connectivity index (χ4v) is 3.76. The number of piperidine rings is 1. The standard InChI is InChI=1S/C18H17F2N5O2S/c19-18(20)6-8-25(9-7-18)17-16-15(22-11-23-17)5-4-14(24-16)12-2-1-3-13(10-12)28(21,26)27/h1-5,10-11H,6-9H2,(H2,21,26,27). The summed E-state index contributed by atoms with van der Waals surface area (Å²) in [6, 6.07) is 9.59. The summed E-state index contributed by atoms with van der Waals surface area (Å²) in [5.41, 5.74) is 2.13. The van der Waals surface area contributed by atoms with E-state index in [-0.39, 0.29) is 30.8 Å². The molecule has 28 heavy (non-hydrogen) atoms. The second-order valence-corrected chi connectivity index (χ2v) is 8.24. The van der Waals surface area contributed by atoms with E-state index in [0.29, 0.717) is 28.1 Å². The lowest BCUT2D eigenvalue weighted by Gasteiger charge is -2.32. The highest BCUT2D eigenvalue weighted by Gasteiger charge is 2.35. The number of nitrogens with two attached hydrogens (primary N) is 1. The number of hydrogen-bond acceptors (Lipinski definition) is 6. The van der Waals surface area contributed by atoms with Gasteiger partial charge in [-0.2, -0.15) is 0 Å². The molecule has 0 spiro atoms. The largest absolute Gasteiger partial charge is 0.354 e. The fraction of sp³-hybridized carbons (Fsp3) is 0.278. The van der Waals surface area contributed by atoms with E-state index in [1.807, 2.05) is 0 Å². The SMILES string of the molecule is NS(=O)(=O)c1cccc(-c2ccc3ncnc(N4CCC(F)(F)CC4)c3n2)c1. The number of aromatic nitrogens is 3. The minimum Gasteiger partial charge on any atom is -0.354 e. The molecule has 0 atom stereocenters. The average molecular weight is 405 g/mol. The Labute approximate surface area is 160 Å². The van der Waals surface area contributed by atoms with Gasteiger partial charge in [0, 0.05) is 31.5 Å². The minimum absolute atomic E-state index is 0.0188. The molecule has 1 aliphatic heterocycles. The number of sulfonamides is 1. The number of benzene rings is 1. The van der Waals surface area contributed by atoms with Crippen LogP contribution in [0.3, 0.4) is 0 Å². The summed E-state index contributed by atoms with van der Waals surface area (Å²) >= 11 is 0. The van der Waals surface area contributed by atoms with Gasteiger partial charge in [-0.25, -0.2) is 37.3 Å². The highest BCUT2D eigenvalue weighted by atomic mass is 32.2. The topological polar surface area (TPSA) is 102 Å². The van der Waals surface area contributed by atoms with Gasteiger partial charge in [0.2, 0.25) is 10.0 Å². The van der Waals surface area contributed by atoms with Crippen LogP contribution >= 0.6 is 0 Å². The normalized spacial score (nSPS) is 17.0. The zero-order valence-corrected chi connectivity index (χ0v) is 15.5. The molecule has 0 bridgehead atoms. The summed E-state index contributed by atoms with van der Waals surface area (Å²) in [4.78, 5) is 14.8. The first-order valence-corrected chi connectivity index (χ1v) is 10.2. The van der Waals surface area contributed by atoms with Crippen molar-refractivity contribution in [3.8, 4) is 11.3 Å². The van der Waals surface area contributed by atoms with Crippen LogP contribution in [-0.2, 0) is 10.0 Å². The van der Waals surface area contributed by atoms with Crippen LogP contribution in [0.2, 0.25) is 0 Å². The molecule has 0 saturated carbocycles. The molecule has 3 aromatic rings. The third-order valence-corrected chi connectivity index (χ3v) is 5.63. The van der Waals surface area contributed by atoms with Crippen molar-refractivity contribution in [2.75, 3.05) is 18.0 Å². The van der Waals surface area contributed by atoms with Crippen molar-refractivity contribution in [1.29, 1.82) is 0 Å². The van der Waals surface area contributed by atoms with Crippen LogP contribution in [0.25, 0.3) is 22.3 Å². The van der Waals surface area contributed by atoms with E-state index in [9.17, 15) is 17.2 Å². The number of pyridine rings is 1. The third kappa shape index (κ3) is 3.65. The van der Waals surface area contributed by atoms with Crippen LogP contribution in [0, 0.1) is 0 Å². The molecule has 1 aliphatic rings. The summed E-state index contributed by atoms with van der Waals surface area (Å²) in [6.45, 7) is 0.345. The van der Waals surface area contributed by atoms with Gasteiger partial charge in [-0.1, -0.05) is 12.1 Å². The maximum absolute atomic E-state index is 13.5. The van der Waals surface area contributed by atoms with Crippen molar-refractivity contribution in [2.45, 2.75) is 23.7 Å². The zero-order valence-electron chi connectivity index (χ0n) is 14.7. The molecule has 2 N–H and O–H groups in total. The van der Waals surface area contributed by atoms with Gasteiger partial charge >= 0.3 is 0 Å². The lowest BCUT2D eigenvalue weighted by atomic mass is 10.1. The van der Waals surface area contributed by atoms with Gasteiger partial charge in [-0.05, 0) is 24.3 Å². The monoisotopic (exact) mass is 405 g/mol. The van der Waals surface area contributed by atoms with Crippen molar-refractivity contribution < 1.29 is 17.2 Å². The van der Waals surface area contributed by atoms with Gasteiger partial charge in [0.05, 0.1) is 16.1 Å². The van der Waals surface area contributed by atoms with Crippen molar-refractivity contribution in [3.05, 3.63) is 42.7 Å². The molecule has 10 heteroatoms. The van der Waals surface area contributed by atoms with E-state index < -0.39 is 15.9 Å². The molecule has 0 unspecified atom stereocenters. The number of anilines is 1. The Bertz CT molecular complexity index is 1140. The summed E-state index contributed by atoms with van der Waals surface area (Å²) < 4.78 is 50.2. The predicted octanol–water partition coefficient (Wildman–Crippen LogP) is 2.57. The molecule has 4 rings (SSSR count). The number of rotatable bonds is 3. The van der Waals surface area contributed by atoms with Crippen molar-refractivity contribution in [1.82, 2.24) is 15.0 Å². The zero-order chi connectivity index (χ0) is 19.9. The van der Waals surface area contributed by atoms with Crippen LogP contribution in [0.1, 0.15) is 12.8 Å². The van der Waals surface area contributed by atoms with Gasteiger partial charge < -0.3 is 4.90 Å². The third-order valence-electron chi connectivity index (χ3n) is 4.72. The first kappa shape index (κ1) is 18.6. The maximum atomic E-state index is 13.5. The number of nitrogens with zero attached hydrogens (tertiary/aromatic N) is 4. The average Bonchev–Trinajstić information content (AvgIpc) is 2.67. The first-order chi connectivity index (χ1) is 13.2. The molecule has 0 radical (unpaired) electrons. The Morgan fingerprint density at radius 3 is 2.54 bits per heavy atom. The van der Waals surface area contributed by atoms with E-state index in [0.717, 1.165) is 0 Å². The smallest absolute Gasteiger partial charge is 0.251 e. The van der Waals surface area contributed by atoms with E-state index in [1.165, 1.54) is 18.5 Å². The molecule has 3 heterocycles. The number of fused-ring (bicyclic) bond motifs is 1. The Morgan fingerprint density at radius 1 is 1.07 bits per heavy atom. The van der Waals surface area contributed by atoms with Gasteiger partial charge in [0.15, 0.2) is 5.82 Å². The quantitative estimate of drug-likeness (QED) is 0.719. The Morgan fingerprint density at radius 2 is 1.82 bits per heavy atom. The van der Waals surface area contributed by atoms with Crippen molar-refractivity contribution >= 4 is 26.9 Å².